The average molecular weight is 232 g/mol. The van der Waals surface area contributed by atoms with Crippen LogP contribution in [0.4, 0.5) is 5.69 Å². The molecule has 0 radical (unpaired) electrons. The highest BCUT2D eigenvalue weighted by molar-refractivity contribution is 5.94. The predicted molar refractivity (Wildman–Crippen MR) is 70.0 cm³/mol. The Bertz CT molecular complexity index is 358. The van der Waals surface area contributed by atoms with Crippen molar-refractivity contribution in [3.05, 3.63) is 30.3 Å². The Hall–Kier alpha value is -1.35. The molecule has 1 aliphatic heterocycles. The number of piperidine rings is 1. The van der Waals surface area contributed by atoms with E-state index in [-0.39, 0.29) is 11.9 Å². The van der Waals surface area contributed by atoms with Crippen molar-refractivity contribution in [3.63, 3.8) is 0 Å². The van der Waals surface area contributed by atoms with Crippen molar-refractivity contribution in [3.8, 4) is 0 Å². The van der Waals surface area contributed by atoms with Crippen molar-refractivity contribution in [2.24, 2.45) is 0 Å². The average Bonchev–Trinajstić information content (AvgIpc) is 2.40. The van der Waals surface area contributed by atoms with E-state index in [0.29, 0.717) is 0 Å². The lowest BCUT2D eigenvalue weighted by molar-refractivity contribution is -0.121. The topological polar surface area (TPSA) is 32.3 Å². The first-order valence-corrected chi connectivity index (χ1v) is 6.37. The fourth-order valence-electron chi connectivity index (χ4n) is 2.24. The molecule has 1 saturated heterocycles. The van der Waals surface area contributed by atoms with Gasteiger partial charge in [0.05, 0.1) is 6.04 Å². The molecular formula is C14H20N2O. The van der Waals surface area contributed by atoms with Crippen LogP contribution in [0.25, 0.3) is 0 Å². The lowest BCUT2D eigenvalue weighted by Gasteiger charge is -2.31. The van der Waals surface area contributed by atoms with Crippen LogP contribution in [0.15, 0.2) is 30.3 Å². The molecule has 3 nitrogen and oxygen atoms in total. The molecule has 1 aromatic carbocycles. The summed E-state index contributed by atoms with van der Waals surface area (Å²) in [5.74, 6) is 0.0955. The Morgan fingerprint density at radius 2 is 1.82 bits per heavy atom. The highest BCUT2D eigenvalue weighted by atomic mass is 16.2. The van der Waals surface area contributed by atoms with Crippen LogP contribution < -0.4 is 5.32 Å². The Labute approximate surface area is 103 Å². The summed E-state index contributed by atoms with van der Waals surface area (Å²) in [5, 5.41) is 2.96. The third kappa shape index (κ3) is 3.30. The SMILES string of the molecule is C[C@@H](C(=O)Nc1ccccc1)N1CCCCC1. The van der Waals surface area contributed by atoms with Gasteiger partial charge in [-0.25, -0.2) is 0 Å². The molecule has 0 bridgehead atoms. The van der Waals surface area contributed by atoms with Gasteiger partial charge < -0.3 is 5.32 Å². The second-order valence-electron chi connectivity index (χ2n) is 4.63. The zero-order valence-electron chi connectivity index (χ0n) is 10.4. The summed E-state index contributed by atoms with van der Waals surface area (Å²) in [5.41, 5.74) is 0.876. The maximum atomic E-state index is 12.1. The zero-order valence-corrected chi connectivity index (χ0v) is 10.4. The fourth-order valence-corrected chi connectivity index (χ4v) is 2.24. The van der Waals surface area contributed by atoms with Gasteiger partial charge in [-0.2, -0.15) is 0 Å². The largest absolute Gasteiger partial charge is 0.325 e. The van der Waals surface area contributed by atoms with Crippen LogP contribution in [-0.2, 0) is 4.79 Å². The van der Waals surface area contributed by atoms with Gasteiger partial charge in [0.25, 0.3) is 0 Å². The van der Waals surface area contributed by atoms with Gasteiger partial charge in [0.2, 0.25) is 5.91 Å². The first kappa shape index (κ1) is 12.1. The van der Waals surface area contributed by atoms with Crippen molar-refractivity contribution < 1.29 is 4.79 Å². The highest BCUT2D eigenvalue weighted by Gasteiger charge is 2.22. The number of hydrogen-bond acceptors (Lipinski definition) is 2. The maximum Gasteiger partial charge on any atom is 0.241 e. The fraction of sp³-hybridized carbons (Fsp3) is 0.500. The molecule has 2 rings (SSSR count). The molecule has 0 aliphatic carbocycles. The second kappa shape index (κ2) is 5.82. The summed E-state index contributed by atoms with van der Waals surface area (Å²) in [6.45, 7) is 4.08. The van der Waals surface area contributed by atoms with E-state index in [1.165, 1.54) is 19.3 Å². The molecule has 0 saturated carbocycles. The van der Waals surface area contributed by atoms with Gasteiger partial charge in [-0.15, -0.1) is 0 Å². The molecule has 0 spiro atoms. The van der Waals surface area contributed by atoms with Crippen LogP contribution >= 0.6 is 0 Å². The van der Waals surface area contributed by atoms with Gasteiger partial charge in [-0.05, 0) is 45.0 Å². The monoisotopic (exact) mass is 232 g/mol. The number of para-hydroxylation sites is 1. The molecule has 0 aromatic heterocycles. The summed E-state index contributed by atoms with van der Waals surface area (Å²) in [6, 6.07) is 9.61. The Morgan fingerprint density at radius 3 is 2.47 bits per heavy atom. The molecular weight excluding hydrogens is 212 g/mol. The van der Waals surface area contributed by atoms with Gasteiger partial charge in [-0.1, -0.05) is 24.6 Å². The molecule has 1 atom stereocenters. The third-order valence-electron chi connectivity index (χ3n) is 3.36. The van der Waals surface area contributed by atoms with E-state index in [1.54, 1.807) is 0 Å². The van der Waals surface area contributed by atoms with Gasteiger partial charge in [0.1, 0.15) is 0 Å². The number of carbonyl (C=O) groups is 1. The van der Waals surface area contributed by atoms with Gasteiger partial charge in [-0.3, -0.25) is 9.69 Å². The van der Waals surface area contributed by atoms with E-state index in [1.807, 2.05) is 37.3 Å². The smallest absolute Gasteiger partial charge is 0.241 e. The summed E-state index contributed by atoms with van der Waals surface area (Å²) < 4.78 is 0. The van der Waals surface area contributed by atoms with Crippen molar-refractivity contribution in [1.82, 2.24) is 4.90 Å². The first-order chi connectivity index (χ1) is 8.27. The number of carbonyl (C=O) groups excluding carboxylic acids is 1. The number of anilines is 1. The highest BCUT2D eigenvalue weighted by Crippen LogP contribution is 2.13. The standard InChI is InChI=1S/C14H20N2O/c1-12(16-10-6-3-7-11-16)14(17)15-13-8-4-2-5-9-13/h2,4-5,8-9,12H,3,6-7,10-11H2,1H3,(H,15,17)/t12-/m0/s1. The van der Waals surface area contributed by atoms with Crippen LogP contribution in [0.5, 0.6) is 0 Å². The van der Waals surface area contributed by atoms with Crippen LogP contribution in [-0.4, -0.2) is 29.9 Å². The van der Waals surface area contributed by atoms with E-state index in [2.05, 4.69) is 10.2 Å². The molecule has 3 heteroatoms. The Morgan fingerprint density at radius 1 is 1.18 bits per heavy atom. The van der Waals surface area contributed by atoms with Crippen molar-refractivity contribution >= 4 is 11.6 Å². The number of benzene rings is 1. The quantitative estimate of drug-likeness (QED) is 0.868. The van der Waals surface area contributed by atoms with Crippen LogP contribution in [0.3, 0.4) is 0 Å². The van der Waals surface area contributed by atoms with Crippen molar-refractivity contribution in [2.45, 2.75) is 32.2 Å². The van der Waals surface area contributed by atoms with Crippen molar-refractivity contribution in [1.29, 1.82) is 0 Å². The number of amides is 1. The van der Waals surface area contributed by atoms with E-state index in [9.17, 15) is 4.79 Å². The molecule has 1 N–H and O–H groups in total. The van der Waals surface area contributed by atoms with Crippen LogP contribution in [0, 0.1) is 0 Å². The van der Waals surface area contributed by atoms with Crippen LogP contribution in [0.2, 0.25) is 0 Å². The number of rotatable bonds is 3. The molecule has 1 aromatic rings. The first-order valence-electron chi connectivity index (χ1n) is 6.37. The molecule has 1 heterocycles. The lowest BCUT2D eigenvalue weighted by Crippen LogP contribution is -2.44. The molecule has 1 amide bonds. The minimum atomic E-state index is -0.0319. The molecule has 92 valence electrons. The molecule has 0 unspecified atom stereocenters. The summed E-state index contributed by atoms with van der Waals surface area (Å²) >= 11 is 0. The molecule has 1 fully saturated rings. The predicted octanol–water partition coefficient (Wildman–Crippen LogP) is 2.50. The molecule has 1 aliphatic rings. The zero-order chi connectivity index (χ0) is 12.1. The summed E-state index contributed by atoms with van der Waals surface area (Å²) in [4.78, 5) is 14.3. The summed E-state index contributed by atoms with van der Waals surface area (Å²) in [6.07, 6.45) is 3.72. The van der Waals surface area contributed by atoms with Gasteiger partial charge in [0, 0.05) is 5.69 Å². The maximum absolute atomic E-state index is 12.1. The minimum Gasteiger partial charge on any atom is -0.325 e. The number of hydrogen-bond donors (Lipinski definition) is 1. The third-order valence-corrected chi connectivity index (χ3v) is 3.36. The van der Waals surface area contributed by atoms with E-state index >= 15 is 0 Å². The van der Waals surface area contributed by atoms with Gasteiger partial charge in [0.15, 0.2) is 0 Å². The minimum absolute atomic E-state index is 0.0319. The molecule has 17 heavy (non-hydrogen) atoms. The number of nitrogens with zero attached hydrogens (tertiary/aromatic N) is 1. The van der Waals surface area contributed by atoms with E-state index in [0.717, 1.165) is 18.8 Å². The second-order valence-corrected chi connectivity index (χ2v) is 4.63. The van der Waals surface area contributed by atoms with E-state index in [4.69, 9.17) is 0 Å². The Balaban J connectivity index is 1.90. The van der Waals surface area contributed by atoms with E-state index < -0.39 is 0 Å². The number of nitrogens with one attached hydrogen (secondary N) is 1. The summed E-state index contributed by atoms with van der Waals surface area (Å²) in [7, 11) is 0. The normalized spacial score (nSPS) is 18.6. The van der Waals surface area contributed by atoms with Crippen LogP contribution in [0.1, 0.15) is 26.2 Å². The Kier molecular flexibility index (Phi) is 4.15. The lowest BCUT2D eigenvalue weighted by atomic mass is 10.1. The van der Waals surface area contributed by atoms with Gasteiger partial charge >= 0.3 is 0 Å². The number of likely N-dealkylation sites (tertiary alicyclic amines) is 1. The van der Waals surface area contributed by atoms with Crippen molar-refractivity contribution in [2.75, 3.05) is 18.4 Å².